The molecule has 108 valence electrons. The van der Waals surface area contributed by atoms with E-state index in [9.17, 15) is 5.11 Å². The first-order valence-corrected chi connectivity index (χ1v) is 7.18. The van der Waals surface area contributed by atoms with E-state index in [2.05, 4.69) is 25.0 Å². The molecule has 4 heteroatoms. The summed E-state index contributed by atoms with van der Waals surface area (Å²) in [5, 5.41) is 15.2. The van der Waals surface area contributed by atoms with Crippen molar-refractivity contribution in [1.29, 1.82) is 0 Å². The monoisotopic (exact) mass is 265 g/mol. The molecule has 0 bridgehead atoms. The molecule has 0 spiro atoms. The predicted molar refractivity (Wildman–Crippen MR) is 76.8 cm³/mol. The molecule has 0 aromatic carbocycles. The molecular weight excluding hydrogens is 238 g/mol. The number of aryl methyl sites for hydroxylation is 2. The van der Waals surface area contributed by atoms with Crippen molar-refractivity contribution in [1.82, 2.24) is 9.78 Å². The van der Waals surface area contributed by atoms with Gasteiger partial charge in [0.15, 0.2) is 0 Å². The van der Waals surface area contributed by atoms with Gasteiger partial charge in [-0.3, -0.25) is 4.68 Å². The van der Waals surface area contributed by atoms with E-state index in [4.69, 9.17) is 5.73 Å². The zero-order valence-electron chi connectivity index (χ0n) is 12.6. The maximum atomic E-state index is 10.8. The third kappa shape index (κ3) is 2.56. The predicted octanol–water partition coefficient (Wildman–Crippen LogP) is 1.79. The van der Waals surface area contributed by atoms with Crippen molar-refractivity contribution in [3.05, 3.63) is 17.5 Å². The molecule has 1 fully saturated rings. The SMILES string of the molecule is Cc1cc(CC2(CN)CCCC(C)(C)C2O)n(C)n1. The number of nitrogens with zero attached hydrogens (tertiary/aromatic N) is 2. The van der Waals surface area contributed by atoms with Crippen molar-refractivity contribution in [2.75, 3.05) is 6.54 Å². The molecule has 0 saturated heterocycles. The van der Waals surface area contributed by atoms with Crippen LogP contribution in [-0.4, -0.2) is 27.5 Å². The quantitative estimate of drug-likeness (QED) is 0.875. The van der Waals surface area contributed by atoms with E-state index in [1.54, 1.807) is 0 Å². The van der Waals surface area contributed by atoms with E-state index >= 15 is 0 Å². The van der Waals surface area contributed by atoms with Gasteiger partial charge in [-0.2, -0.15) is 5.10 Å². The van der Waals surface area contributed by atoms with Crippen molar-refractivity contribution < 1.29 is 5.11 Å². The minimum absolute atomic E-state index is 0.0503. The fraction of sp³-hybridized carbons (Fsp3) is 0.800. The third-order valence-electron chi connectivity index (χ3n) is 4.85. The van der Waals surface area contributed by atoms with Gasteiger partial charge in [0.25, 0.3) is 0 Å². The summed E-state index contributed by atoms with van der Waals surface area (Å²) in [4.78, 5) is 0. The molecule has 1 aliphatic carbocycles. The summed E-state index contributed by atoms with van der Waals surface area (Å²) in [5.41, 5.74) is 8.00. The number of aromatic nitrogens is 2. The first-order chi connectivity index (χ1) is 8.81. The van der Waals surface area contributed by atoms with Gasteiger partial charge in [0.2, 0.25) is 0 Å². The highest BCUT2D eigenvalue weighted by molar-refractivity contribution is 5.14. The standard InChI is InChI=1S/C15H27N3O/c1-11-8-12(18(4)17-11)9-15(10-16)7-5-6-14(2,3)13(15)19/h8,13,19H,5-7,9-10,16H2,1-4H3. The molecule has 1 saturated carbocycles. The van der Waals surface area contributed by atoms with Gasteiger partial charge in [-0.1, -0.05) is 20.3 Å². The highest BCUT2D eigenvalue weighted by atomic mass is 16.3. The summed E-state index contributed by atoms with van der Waals surface area (Å²) in [6, 6.07) is 2.10. The second-order valence-corrected chi connectivity index (χ2v) is 6.89. The Labute approximate surface area is 116 Å². The Morgan fingerprint density at radius 2 is 2.16 bits per heavy atom. The van der Waals surface area contributed by atoms with Gasteiger partial charge < -0.3 is 10.8 Å². The normalized spacial score (nSPS) is 30.5. The van der Waals surface area contributed by atoms with Crippen LogP contribution in [0, 0.1) is 17.8 Å². The van der Waals surface area contributed by atoms with Crippen molar-refractivity contribution in [2.24, 2.45) is 23.6 Å². The van der Waals surface area contributed by atoms with Crippen LogP contribution in [0.3, 0.4) is 0 Å². The molecule has 1 aromatic heterocycles. The maximum Gasteiger partial charge on any atom is 0.0663 e. The molecule has 19 heavy (non-hydrogen) atoms. The number of hydrogen-bond donors (Lipinski definition) is 2. The number of aliphatic hydroxyl groups is 1. The summed E-state index contributed by atoms with van der Waals surface area (Å²) in [6.07, 6.45) is 3.66. The Morgan fingerprint density at radius 3 is 2.68 bits per heavy atom. The molecule has 4 nitrogen and oxygen atoms in total. The lowest BCUT2D eigenvalue weighted by atomic mass is 9.59. The van der Waals surface area contributed by atoms with Crippen LogP contribution in [0.2, 0.25) is 0 Å². The molecule has 2 rings (SSSR count). The van der Waals surface area contributed by atoms with Gasteiger partial charge in [-0.05, 0) is 37.7 Å². The first kappa shape index (κ1) is 14.5. The molecule has 2 atom stereocenters. The average molecular weight is 265 g/mol. The maximum absolute atomic E-state index is 10.8. The van der Waals surface area contributed by atoms with Crippen LogP contribution in [-0.2, 0) is 13.5 Å². The Balaban J connectivity index is 2.30. The lowest BCUT2D eigenvalue weighted by Crippen LogP contribution is -2.53. The van der Waals surface area contributed by atoms with E-state index < -0.39 is 0 Å². The molecule has 1 aliphatic rings. The zero-order chi connectivity index (χ0) is 14.3. The van der Waals surface area contributed by atoms with Gasteiger partial charge in [-0.25, -0.2) is 0 Å². The van der Waals surface area contributed by atoms with E-state index in [1.807, 2.05) is 18.7 Å². The fourth-order valence-electron chi connectivity index (χ4n) is 3.66. The van der Waals surface area contributed by atoms with Crippen molar-refractivity contribution in [2.45, 2.75) is 52.6 Å². The summed E-state index contributed by atoms with van der Waals surface area (Å²) in [5.74, 6) is 0. The minimum Gasteiger partial charge on any atom is -0.392 e. The van der Waals surface area contributed by atoms with Crippen LogP contribution in [0.5, 0.6) is 0 Å². The summed E-state index contributed by atoms with van der Waals surface area (Å²) >= 11 is 0. The number of hydrogen-bond acceptors (Lipinski definition) is 3. The van der Waals surface area contributed by atoms with Gasteiger partial charge in [0.1, 0.15) is 0 Å². The molecule has 0 aliphatic heterocycles. The molecule has 3 N–H and O–H groups in total. The van der Waals surface area contributed by atoms with Crippen LogP contribution in [0.25, 0.3) is 0 Å². The van der Waals surface area contributed by atoms with Gasteiger partial charge >= 0.3 is 0 Å². The summed E-state index contributed by atoms with van der Waals surface area (Å²) in [7, 11) is 1.97. The lowest BCUT2D eigenvalue weighted by molar-refractivity contribution is -0.0891. The fourth-order valence-corrected chi connectivity index (χ4v) is 3.66. The van der Waals surface area contributed by atoms with Gasteiger partial charge in [0, 0.05) is 24.7 Å². The van der Waals surface area contributed by atoms with Crippen molar-refractivity contribution in [3.63, 3.8) is 0 Å². The molecule has 2 unspecified atom stereocenters. The highest BCUT2D eigenvalue weighted by Gasteiger charge is 2.48. The van der Waals surface area contributed by atoms with E-state index in [-0.39, 0.29) is 16.9 Å². The largest absolute Gasteiger partial charge is 0.392 e. The molecule has 0 amide bonds. The minimum atomic E-state index is -0.353. The third-order valence-corrected chi connectivity index (χ3v) is 4.85. The lowest BCUT2D eigenvalue weighted by Gasteiger charge is -2.49. The molecular formula is C15H27N3O. The van der Waals surface area contributed by atoms with Crippen LogP contribution < -0.4 is 5.73 Å². The van der Waals surface area contributed by atoms with Crippen LogP contribution in [0.1, 0.15) is 44.5 Å². The number of nitrogens with two attached hydrogens (primary N) is 1. The van der Waals surface area contributed by atoms with Gasteiger partial charge in [-0.15, -0.1) is 0 Å². The molecule has 0 radical (unpaired) electrons. The topological polar surface area (TPSA) is 64.1 Å². The van der Waals surface area contributed by atoms with Gasteiger partial charge in [0.05, 0.1) is 11.8 Å². The van der Waals surface area contributed by atoms with E-state index in [0.717, 1.165) is 31.4 Å². The van der Waals surface area contributed by atoms with Crippen molar-refractivity contribution >= 4 is 0 Å². The summed E-state index contributed by atoms with van der Waals surface area (Å²) < 4.78 is 1.92. The zero-order valence-corrected chi connectivity index (χ0v) is 12.6. The molecule has 1 aromatic rings. The van der Waals surface area contributed by atoms with Crippen molar-refractivity contribution in [3.8, 4) is 0 Å². The second kappa shape index (κ2) is 4.91. The second-order valence-electron chi connectivity index (χ2n) is 6.89. The van der Waals surface area contributed by atoms with E-state index in [1.165, 1.54) is 5.69 Å². The first-order valence-electron chi connectivity index (χ1n) is 7.18. The Morgan fingerprint density at radius 1 is 1.47 bits per heavy atom. The Kier molecular flexibility index (Phi) is 3.76. The van der Waals surface area contributed by atoms with Crippen LogP contribution in [0.15, 0.2) is 6.07 Å². The van der Waals surface area contributed by atoms with Crippen LogP contribution in [0.4, 0.5) is 0 Å². The average Bonchev–Trinajstić information content (AvgIpc) is 2.64. The highest BCUT2D eigenvalue weighted by Crippen LogP contribution is 2.47. The smallest absolute Gasteiger partial charge is 0.0663 e. The number of rotatable bonds is 3. The Hall–Kier alpha value is -0.870. The number of aliphatic hydroxyl groups excluding tert-OH is 1. The van der Waals surface area contributed by atoms with Crippen LogP contribution >= 0.6 is 0 Å². The Bertz CT molecular complexity index is 452. The van der Waals surface area contributed by atoms with E-state index in [0.29, 0.717) is 6.54 Å². The summed E-state index contributed by atoms with van der Waals surface area (Å²) in [6.45, 7) is 6.83. The molecule has 1 heterocycles.